The minimum absolute atomic E-state index is 0.253. The molecule has 1 aromatic carbocycles. The second-order valence-electron chi connectivity index (χ2n) is 3.91. The number of oxazole rings is 1. The highest BCUT2D eigenvalue weighted by molar-refractivity contribution is 7.71. The number of para-hydroxylation sites is 2. The van der Waals surface area contributed by atoms with Crippen molar-refractivity contribution in [2.24, 2.45) is 0 Å². The Balaban J connectivity index is 2.00. The minimum atomic E-state index is -0.775. The van der Waals surface area contributed by atoms with Crippen LogP contribution in [0.5, 0.6) is 5.75 Å². The average Bonchev–Trinajstić information content (AvgIpc) is 2.84. The van der Waals surface area contributed by atoms with E-state index in [0.29, 0.717) is 18.9 Å². The van der Waals surface area contributed by atoms with Crippen LogP contribution in [-0.2, 0) is 0 Å². The molecule has 0 fully saturated rings. The maximum Gasteiger partial charge on any atom is 0.266 e. The number of nitrogens with one attached hydrogen (secondary N) is 2. The monoisotopic (exact) mass is 280 g/mol. The number of benzene rings is 1. The van der Waals surface area contributed by atoms with E-state index in [1.54, 1.807) is 6.20 Å². The first-order valence-electron chi connectivity index (χ1n) is 6.03. The predicted molar refractivity (Wildman–Crippen MR) is 75.0 cm³/mol. The topological polar surface area (TPSA) is 70.4 Å². The van der Waals surface area contributed by atoms with Gasteiger partial charge in [-0.05, 0) is 31.3 Å². The molecular weight excluding hydrogens is 264 g/mol. The van der Waals surface area contributed by atoms with Crippen molar-refractivity contribution >= 4 is 17.9 Å². The molecule has 19 heavy (non-hydrogen) atoms. The number of rotatable bonds is 6. The maximum atomic E-state index is 9.95. The van der Waals surface area contributed by atoms with Crippen LogP contribution in [0.25, 0.3) is 0 Å². The molecule has 6 heteroatoms. The summed E-state index contributed by atoms with van der Waals surface area (Å²) in [6, 6.07) is 7.57. The van der Waals surface area contributed by atoms with Crippen LogP contribution in [-0.4, -0.2) is 23.2 Å². The Morgan fingerprint density at radius 3 is 2.95 bits per heavy atom. The molecule has 0 saturated carbocycles. The van der Waals surface area contributed by atoms with E-state index >= 15 is 0 Å². The molecule has 3 N–H and O–H groups in total. The van der Waals surface area contributed by atoms with Gasteiger partial charge in [0.15, 0.2) is 5.76 Å². The van der Waals surface area contributed by atoms with Crippen LogP contribution < -0.4 is 10.1 Å². The summed E-state index contributed by atoms with van der Waals surface area (Å²) in [4.78, 5) is 2.97. The van der Waals surface area contributed by atoms with Crippen molar-refractivity contribution in [1.29, 1.82) is 0 Å². The van der Waals surface area contributed by atoms with E-state index in [-0.39, 0.29) is 4.84 Å². The smallest absolute Gasteiger partial charge is 0.266 e. The molecule has 102 valence electrons. The Bertz CT molecular complexity index is 579. The lowest BCUT2D eigenvalue weighted by Crippen LogP contribution is -2.12. The normalized spacial score (nSPS) is 12.1. The Hall–Kier alpha value is -1.79. The van der Waals surface area contributed by atoms with Crippen molar-refractivity contribution < 1.29 is 14.3 Å². The fourth-order valence-corrected chi connectivity index (χ4v) is 1.82. The molecule has 0 radical (unpaired) electrons. The standard InChI is InChI=1S/C13H16N2O3S/c1-2-17-11-6-4-3-5-9(11)14-7-10(16)12-8-15-13(19)18-12/h3-6,8,10,14,16H,2,7H2,1H3,(H,15,19). The Morgan fingerprint density at radius 1 is 1.47 bits per heavy atom. The summed E-state index contributed by atoms with van der Waals surface area (Å²) in [5.41, 5.74) is 0.831. The zero-order valence-electron chi connectivity index (χ0n) is 10.6. The van der Waals surface area contributed by atoms with Gasteiger partial charge < -0.3 is 24.6 Å². The summed E-state index contributed by atoms with van der Waals surface area (Å²) < 4.78 is 10.6. The molecule has 0 bridgehead atoms. The van der Waals surface area contributed by atoms with Gasteiger partial charge in [0.1, 0.15) is 11.9 Å². The third kappa shape index (κ3) is 3.59. The highest BCUT2D eigenvalue weighted by atomic mass is 32.1. The second kappa shape index (κ2) is 6.40. The van der Waals surface area contributed by atoms with E-state index in [9.17, 15) is 5.11 Å². The van der Waals surface area contributed by atoms with Crippen molar-refractivity contribution in [3.05, 3.63) is 41.1 Å². The fraction of sp³-hybridized carbons (Fsp3) is 0.308. The van der Waals surface area contributed by atoms with E-state index in [1.807, 2.05) is 31.2 Å². The van der Waals surface area contributed by atoms with E-state index in [2.05, 4.69) is 10.3 Å². The maximum absolute atomic E-state index is 9.95. The van der Waals surface area contributed by atoms with Crippen LogP contribution in [0.3, 0.4) is 0 Å². The number of anilines is 1. The summed E-state index contributed by atoms with van der Waals surface area (Å²) in [5, 5.41) is 13.1. The predicted octanol–water partition coefficient (Wildman–Crippen LogP) is 2.88. The van der Waals surface area contributed by atoms with Crippen molar-refractivity contribution in [2.75, 3.05) is 18.5 Å². The van der Waals surface area contributed by atoms with Crippen molar-refractivity contribution in [3.8, 4) is 5.75 Å². The number of hydrogen-bond donors (Lipinski definition) is 3. The van der Waals surface area contributed by atoms with E-state index in [1.165, 1.54) is 0 Å². The van der Waals surface area contributed by atoms with Crippen LogP contribution in [0.2, 0.25) is 0 Å². The highest BCUT2D eigenvalue weighted by Gasteiger charge is 2.12. The highest BCUT2D eigenvalue weighted by Crippen LogP contribution is 2.24. The number of aromatic nitrogens is 1. The summed E-state index contributed by atoms with van der Waals surface area (Å²) >= 11 is 4.81. The molecule has 1 unspecified atom stereocenters. The van der Waals surface area contributed by atoms with E-state index in [4.69, 9.17) is 21.4 Å². The van der Waals surface area contributed by atoms with Gasteiger partial charge in [0.05, 0.1) is 12.3 Å². The molecule has 1 atom stereocenters. The molecule has 0 saturated heterocycles. The molecule has 2 rings (SSSR count). The van der Waals surface area contributed by atoms with Crippen LogP contribution >= 0.6 is 12.2 Å². The van der Waals surface area contributed by atoms with Gasteiger partial charge in [0.25, 0.3) is 4.84 Å². The third-order valence-corrected chi connectivity index (χ3v) is 2.75. The first-order valence-corrected chi connectivity index (χ1v) is 6.43. The lowest BCUT2D eigenvalue weighted by Gasteiger charge is -2.14. The molecule has 0 aliphatic heterocycles. The first-order chi connectivity index (χ1) is 9.20. The summed E-state index contributed by atoms with van der Waals surface area (Å²) in [7, 11) is 0. The van der Waals surface area contributed by atoms with Gasteiger partial charge in [0.2, 0.25) is 0 Å². The van der Waals surface area contributed by atoms with Gasteiger partial charge in [-0.3, -0.25) is 0 Å². The molecule has 0 aliphatic rings. The number of aromatic amines is 1. The van der Waals surface area contributed by atoms with Gasteiger partial charge in [-0.2, -0.15) is 0 Å². The van der Waals surface area contributed by atoms with Crippen molar-refractivity contribution in [3.63, 3.8) is 0 Å². The zero-order chi connectivity index (χ0) is 13.7. The van der Waals surface area contributed by atoms with Crippen LogP contribution in [0, 0.1) is 4.84 Å². The number of hydrogen-bond acceptors (Lipinski definition) is 5. The number of aliphatic hydroxyl groups excluding tert-OH is 1. The van der Waals surface area contributed by atoms with Gasteiger partial charge in [-0.1, -0.05) is 12.1 Å². The number of H-pyrrole nitrogens is 1. The van der Waals surface area contributed by atoms with Crippen LogP contribution in [0.1, 0.15) is 18.8 Å². The lowest BCUT2D eigenvalue weighted by atomic mass is 10.2. The summed E-state index contributed by atoms with van der Waals surface area (Å²) in [6.07, 6.45) is 0.783. The van der Waals surface area contributed by atoms with Crippen molar-refractivity contribution in [2.45, 2.75) is 13.0 Å². The Kier molecular flexibility index (Phi) is 4.59. The summed E-state index contributed by atoms with van der Waals surface area (Å²) in [6.45, 7) is 2.82. The number of aliphatic hydroxyl groups is 1. The average molecular weight is 280 g/mol. The molecule has 5 nitrogen and oxygen atoms in total. The molecule has 0 aliphatic carbocycles. The zero-order valence-corrected chi connectivity index (χ0v) is 11.4. The SMILES string of the molecule is CCOc1ccccc1NCC(O)c1c[nH]c(=S)o1. The Labute approximate surface area is 116 Å². The largest absolute Gasteiger partial charge is 0.492 e. The lowest BCUT2D eigenvalue weighted by molar-refractivity contribution is 0.161. The third-order valence-electron chi connectivity index (χ3n) is 2.54. The molecule has 0 amide bonds. The van der Waals surface area contributed by atoms with Crippen molar-refractivity contribution in [1.82, 2.24) is 4.98 Å². The van der Waals surface area contributed by atoms with Crippen LogP contribution in [0.15, 0.2) is 34.9 Å². The van der Waals surface area contributed by atoms with Gasteiger partial charge >= 0.3 is 0 Å². The molecule has 1 aromatic heterocycles. The van der Waals surface area contributed by atoms with E-state index in [0.717, 1.165) is 11.4 Å². The summed E-state index contributed by atoms with van der Waals surface area (Å²) in [5.74, 6) is 1.17. The first kappa shape index (κ1) is 13.6. The quantitative estimate of drug-likeness (QED) is 0.710. The molecule has 0 spiro atoms. The fourth-order valence-electron chi connectivity index (χ4n) is 1.66. The molecule has 1 heterocycles. The van der Waals surface area contributed by atoms with Crippen LogP contribution in [0.4, 0.5) is 5.69 Å². The molecule has 2 aromatic rings. The van der Waals surface area contributed by atoms with Gasteiger partial charge in [0, 0.05) is 12.7 Å². The minimum Gasteiger partial charge on any atom is -0.492 e. The number of ether oxygens (including phenoxy) is 1. The second-order valence-corrected chi connectivity index (χ2v) is 4.28. The van der Waals surface area contributed by atoms with Gasteiger partial charge in [-0.15, -0.1) is 0 Å². The van der Waals surface area contributed by atoms with Gasteiger partial charge in [-0.25, -0.2) is 0 Å². The molecular formula is C13H16N2O3S. The van der Waals surface area contributed by atoms with E-state index < -0.39 is 6.10 Å². The Morgan fingerprint density at radius 2 is 2.26 bits per heavy atom.